The largest absolute Gasteiger partial charge is 0.507 e. The Labute approximate surface area is 57.7 Å². The van der Waals surface area contributed by atoms with Gasteiger partial charge in [-0.15, -0.1) is 0 Å². The second-order valence-corrected chi connectivity index (χ2v) is 2.11. The van der Waals surface area contributed by atoms with Crippen LogP contribution in [0.25, 0.3) is 11.0 Å². The minimum absolute atomic E-state index is 0.270. The number of hydrogen-bond acceptors (Lipinski definition) is 2. The molecule has 0 saturated carbocycles. The van der Waals surface area contributed by atoms with E-state index in [1.54, 1.807) is 24.5 Å². The van der Waals surface area contributed by atoms with Crippen LogP contribution in [0.2, 0.25) is 0 Å². The number of phenols is 1. The number of aromatic hydroxyl groups is 1. The van der Waals surface area contributed by atoms with Crippen LogP contribution in [0, 0.1) is 0 Å². The second kappa shape index (κ2) is 1.77. The molecule has 10 heavy (non-hydrogen) atoms. The molecular formula is C8H6O2. The van der Waals surface area contributed by atoms with E-state index >= 15 is 0 Å². The summed E-state index contributed by atoms with van der Waals surface area (Å²) in [4.78, 5) is 0. The lowest BCUT2D eigenvalue weighted by Gasteiger charge is -1.89. The normalized spacial score (nSPS) is 10.4. The van der Waals surface area contributed by atoms with Crippen molar-refractivity contribution in [3.05, 3.63) is 30.5 Å². The van der Waals surface area contributed by atoms with Gasteiger partial charge in [0.1, 0.15) is 11.3 Å². The molecule has 0 radical (unpaired) electrons. The van der Waals surface area contributed by atoms with Crippen molar-refractivity contribution in [3.8, 4) is 5.75 Å². The van der Waals surface area contributed by atoms with E-state index in [1.165, 1.54) is 0 Å². The fourth-order valence-corrected chi connectivity index (χ4v) is 0.978. The Balaban J connectivity index is 2.95. The van der Waals surface area contributed by atoms with Crippen LogP contribution >= 0.6 is 0 Å². The number of rotatable bonds is 0. The van der Waals surface area contributed by atoms with E-state index in [4.69, 9.17) is 4.42 Å². The van der Waals surface area contributed by atoms with E-state index in [-0.39, 0.29) is 5.75 Å². The number of phenolic OH excluding ortho intramolecular Hbond substituents is 1. The Kier molecular flexibility index (Phi) is 0.947. The summed E-state index contributed by atoms with van der Waals surface area (Å²) < 4.78 is 5.04. The smallest absolute Gasteiger partial charge is 0.137 e. The number of fused-ring (bicyclic) bond motifs is 1. The molecule has 1 aromatic heterocycles. The van der Waals surface area contributed by atoms with Gasteiger partial charge in [-0.2, -0.15) is 0 Å². The van der Waals surface area contributed by atoms with Crippen molar-refractivity contribution < 1.29 is 9.52 Å². The molecule has 1 aromatic carbocycles. The van der Waals surface area contributed by atoms with E-state index in [1.807, 2.05) is 6.07 Å². The highest BCUT2D eigenvalue weighted by molar-refractivity contribution is 5.83. The van der Waals surface area contributed by atoms with Gasteiger partial charge in [-0.1, -0.05) is 6.07 Å². The highest BCUT2D eigenvalue weighted by atomic mass is 16.3. The zero-order valence-corrected chi connectivity index (χ0v) is 5.24. The lowest BCUT2D eigenvalue weighted by Crippen LogP contribution is -1.63. The molecule has 0 bridgehead atoms. The Bertz CT molecular complexity index is 349. The Morgan fingerprint density at radius 1 is 1.20 bits per heavy atom. The van der Waals surface area contributed by atoms with Gasteiger partial charge in [0.25, 0.3) is 0 Å². The van der Waals surface area contributed by atoms with Gasteiger partial charge in [-0.25, -0.2) is 0 Å². The molecular weight excluding hydrogens is 128 g/mol. The van der Waals surface area contributed by atoms with Crippen LogP contribution in [0.4, 0.5) is 0 Å². The van der Waals surface area contributed by atoms with Gasteiger partial charge in [0.2, 0.25) is 0 Å². The monoisotopic (exact) mass is 134 g/mol. The first-order valence-electron chi connectivity index (χ1n) is 3.03. The minimum atomic E-state index is 0.270. The first-order chi connectivity index (χ1) is 4.88. The minimum Gasteiger partial charge on any atom is -0.507 e. The van der Waals surface area contributed by atoms with Crippen LogP contribution in [-0.4, -0.2) is 5.11 Å². The summed E-state index contributed by atoms with van der Waals surface area (Å²) in [5.41, 5.74) is 0.722. The number of furan rings is 1. The van der Waals surface area contributed by atoms with E-state index in [0.717, 1.165) is 11.0 Å². The fourth-order valence-electron chi connectivity index (χ4n) is 0.978. The number of hydrogen-bond donors (Lipinski definition) is 1. The molecule has 0 unspecified atom stereocenters. The third-order valence-electron chi connectivity index (χ3n) is 1.47. The lowest BCUT2D eigenvalue weighted by molar-refractivity contribution is 0.481. The first kappa shape index (κ1) is 5.35. The molecule has 0 aliphatic carbocycles. The zero-order chi connectivity index (χ0) is 6.97. The maximum Gasteiger partial charge on any atom is 0.137 e. The van der Waals surface area contributed by atoms with E-state index in [0.29, 0.717) is 0 Å². The van der Waals surface area contributed by atoms with Gasteiger partial charge in [-0.05, 0) is 18.2 Å². The SMILES string of the molecule is Oc1cccc2occc12. The van der Waals surface area contributed by atoms with E-state index in [9.17, 15) is 5.11 Å². The van der Waals surface area contributed by atoms with E-state index < -0.39 is 0 Å². The zero-order valence-electron chi connectivity index (χ0n) is 5.24. The molecule has 0 saturated heterocycles. The van der Waals surface area contributed by atoms with Gasteiger partial charge in [0.15, 0.2) is 0 Å². The van der Waals surface area contributed by atoms with Crippen molar-refractivity contribution >= 4 is 11.0 Å². The molecule has 2 rings (SSSR count). The van der Waals surface area contributed by atoms with Gasteiger partial charge < -0.3 is 9.52 Å². The van der Waals surface area contributed by atoms with Crippen molar-refractivity contribution in [3.63, 3.8) is 0 Å². The van der Waals surface area contributed by atoms with Crippen molar-refractivity contribution in [1.82, 2.24) is 0 Å². The molecule has 0 atom stereocenters. The van der Waals surface area contributed by atoms with Crippen LogP contribution in [0.15, 0.2) is 34.9 Å². The average molecular weight is 134 g/mol. The van der Waals surface area contributed by atoms with Gasteiger partial charge in [0, 0.05) is 0 Å². The maximum atomic E-state index is 9.20. The molecule has 2 nitrogen and oxygen atoms in total. The summed E-state index contributed by atoms with van der Waals surface area (Å²) in [7, 11) is 0. The quantitative estimate of drug-likeness (QED) is 0.598. The summed E-state index contributed by atoms with van der Waals surface area (Å²) in [5.74, 6) is 0.270. The predicted molar refractivity (Wildman–Crippen MR) is 37.9 cm³/mol. The fraction of sp³-hybridized carbons (Fsp3) is 0. The molecule has 1 N–H and O–H groups in total. The van der Waals surface area contributed by atoms with Crippen LogP contribution in [0.3, 0.4) is 0 Å². The summed E-state index contributed by atoms with van der Waals surface area (Å²) in [6, 6.07) is 6.94. The lowest BCUT2D eigenvalue weighted by atomic mass is 10.2. The van der Waals surface area contributed by atoms with Gasteiger partial charge >= 0.3 is 0 Å². The highest BCUT2D eigenvalue weighted by Gasteiger charge is 1.98. The van der Waals surface area contributed by atoms with Crippen LogP contribution < -0.4 is 0 Å². The summed E-state index contributed by atoms with van der Waals surface area (Å²) in [6.45, 7) is 0. The Hall–Kier alpha value is -1.44. The standard InChI is InChI=1S/C8H6O2/c9-7-2-1-3-8-6(7)4-5-10-8/h1-5,9H. The van der Waals surface area contributed by atoms with Crippen LogP contribution in [0.5, 0.6) is 5.75 Å². The highest BCUT2D eigenvalue weighted by Crippen LogP contribution is 2.24. The molecule has 2 heteroatoms. The second-order valence-electron chi connectivity index (χ2n) is 2.11. The Morgan fingerprint density at radius 3 is 2.90 bits per heavy atom. The molecule has 0 spiro atoms. The molecule has 1 heterocycles. The van der Waals surface area contributed by atoms with Crippen molar-refractivity contribution in [2.75, 3.05) is 0 Å². The summed E-state index contributed by atoms with van der Waals surface area (Å²) in [6.07, 6.45) is 1.56. The van der Waals surface area contributed by atoms with Crippen molar-refractivity contribution in [2.24, 2.45) is 0 Å². The molecule has 0 aliphatic rings. The van der Waals surface area contributed by atoms with Gasteiger partial charge in [-0.3, -0.25) is 0 Å². The molecule has 50 valence electrons. The summed E-state index contributed by atoms with van der Waals surface area (Å²) in [5, 5.41) is 9.97. The summed E-state index contributed by atoms with van der Waals surface area (Å²) >= 11 is 0. The van der Waals surface area contributed by atoms with Crippen molar-refractivity contribution in [2.45, 2.75) is 0 Å². The Morgan fingerprint density at radius 2 is 2.10 bits per heavy atom. The molecule has 0 amide bonds. The molecule has 0 aliphatic heterocycles. The molecule has 2 aromatic rings. The number of benzene rings is 1. The third kappa shape index (κ3) is 0.589. The molecule has 0 fully saturated rings. The first-order valence-corrected chi connectivity index (χ1v) is 3.03. The predicted octanol–water partition coefficient (Wildman–Crippen LogP) is 2.14. The average Bonchev–Trinajstić information content (AvgIpc) is 2.36. The van der Waals surface area contributed by atoms with Gasteiger partial charge in [0.05, 0.1) is 11.6 Å². The van der Waals surface area contributed by atoms with Crippen LogP contribution in [0.1, 0.15) is 0 Å². The third-order valence-corrected chi connectivity index (χ3v) is 1.47. The maximum absolute atomic E-state index is 9.20. The van der Waals surface area contributed by atoms with Crippen LogP contribution in [-0.2, 0) is 0 Å². The topological polar surface area (TPSA) is 33.4 Å². The van der Waals surface area contributed by atoms with E-state index in [2.05, 4.69) is 0 Å². The van der Waals surface area contributed by atoms with Crippen molar-refractivity contribution in [1.29, 1.82) is 0 Å².